The normalized spacial score (nSPS) is 15.3. The second-order valence-electron chi connectivity index (χ2n) is 3.74. The number of hydrogen-bond acceptors (Lipinski definition) is 4. The highest BCUT2D eigenvalue weighted by molar-refractivity contribution is 5.17. The van der Waals surface area contributed by atoms with E-state index in [-0.39, 0.29) is 12.6 Å². The molecular weight excluding hydrogens is 194 g/mol. The summed E-state index contributed by atoms with van der Waals surface area (Å²) in [5.41, 5.74) is 6.82. The van der Waals surface area contributed by atoms with Gasteiger partial charge in [0, 0.05) is 6.04 Å². The first-order valence-electron chi connectivity index (χ1n) is 5.20. The van der Waals surface area contributed by atoms with Crippen LogP contribution in [0.2, 0.25) is 0 Å². The van der Waals surface area contributed by atoms with Crippen molar-refractivity contribution in [1.82, 2.24) is 9.97 Å². The number of aliphatic hydroxyl groups is 2. The minimum absolute atomic E-state index is 0.161. The van der Waals surface area contributed by atoms with Crippen molar-refractivity contribution in [3.63, 3.8) is 0 Å². The molecule has 5 nitrogen and oxygen atoms in total. The molecule has 2 unspecified atom stereocenters. The largest absolute Gasteiger partial charge is 0.390 e. The van der Waals surface area contributed by atoms with Gasteiger partial charge in [-0.25, -0.2) is 4.98 Å². The molecule has 0 amide bonds. The molecule has 2 atom stereocenters. The van der Waals surface area contributed by atoms with E-state index < -0.39 is 6.10 Å². The number of nitrogens with one attached hydrogen (secondary N) is 1. The lowest BCUT2D eigenvalue weighted by Crippen LogP contribution is -2.29. The van der Waals surface area contributed by atoms with Crippen molar-refractivity contribution in [2.24, 2.45) is 5.73 Å². The Balaban J connectivity index is 2.84. The molecule has 0 saturated heterocycles. The fourth-order valence-electron chi connectivity index (χ4n) is 1.62. The van der Waals surface area contributed by atoms with E-state index in [1.54, 1.807) is 6.92 Å². The Hall–Kier alpha value is -0.910. The summed E-state index contributed by atoms with van der Waals surface area (Å²) >= 11 is 0. The summed E-state index contributed by atoms with van der Waals surface area (Å²) in [7, 11) is 0. The number of imidazole rings is 1. The summed E-state index contributed by atoms with van der Waals surface area (Å²) in [6.45, 7) is 3.63. The van der Waals surface area contributed by atoms with Gasteiger partial charge in [-0.15, -0.1) is 0 Å². The first-order valence-corrected chi connectivity index (χ1v) is 5.20. The van der Waals surface area contributed by atoms with Crippen LogP contribution in [0.5, 0.6) is 0 Å². The molecule has 0 fully saturated rings. The molecule has 5 heteroatoms. The van der Waals surface area contributed by atoms with Crippen LogP contribution in [0, 0.1) is 6.92 Å². The maximum Gasteiger partial charge on any atom is 0.113 e. The molecule has 1 heterocycles. The van der Waals surface area contributed by atoms with Crippen molar-refractivity contribution in [2.45, 2.75) is 45.4 Å². The molecule has 0 radical (unpaired) electrons. The third-order valence-electron chi connectivity index (χ3n) is 2.39. The Kier molecular flexibility index (Phi) is 4.26. The maximum atomic E-state index is 9.93. The lowest BCUT2D eigenvalue weighted by molar-refractivity contribution is 0.134. The maximum absolute atomic E-state index is 9.93. The summed E-state index contributed by atoms with van der Waals surface area (Å²) in [6.07, 6.45) is 0.839. The summed E-state index contributed by atoms with van der Waals surface area (Å²) in [4.78, 5) is 7.03. The Morgan fingerprint density at radius 1 is 1.53 bits per heavy atom. The number of rotatable bonds is 5. The molecule has 0 aliphatic heterocycles. The fourth-order valence-corrected chi connectivity index (χ4v) is 1.62. The zero-order valence-corrected chi connectivity index (χ0v) is 9.20. The van der Waals surface area contributed by atoms with E-state index in [4.69, 9.17) is 10.8 Å². The van der Waals surface area contributed by atoms with Crippen LogP contribution in [0.1, 0.15) is 43.1 Å². The van der Waals surface area contributed by atoms with Crippen LogP contribution in [-0.4, -0.2) is 26.2 Å². The van der Waals surface area contributed by atoms with Gasteiger partial charge < -0.3 is 20.9 Å². The van der Waals surface area contributed by atoms with Gasteiger partial charge in [-0.1, -0.05) is 13.3 Å². The number of aryl methyl sites for hydroxylation is 1. The Morgan fingerprint density at radius 2 is 2.20 bits per heavy atom. The predicted octanol–water partition coefficient (Wildman–Crippen LogP) is 0.371. The van der Waals surface area contributed by atoms with Gasteiger partial charge >= 0.3 is 0 Å². The molecule has 0 aliphatic rings. The second-order valence-corrected chi connectivity index (χ2v) is 3.74. The number of aromatic nitrogens is 2. The monoisotopic (exact) mass is 213 g/mol. The smallest absolute Gasteiger partial charge is 0.113 e. The van der Waals surface area contributed by atoms with Crippen molar-refractivity contribution in [3.05, 3.63) is 17.2 Å². The Morgan fingerprint density at radius 3 is 2.73 bits per heavy atom. The number of hydrogen-bond donors (Lipinski definition) is 4. The van der Waals surface area contributed by atoms with Gasteiger partial charge in [0.05, 0.1) is 18.0 Å². The van der Waals surface area contributed by atoms with Gasteiger partial charge in [0.2, 0.25) is 0 Å². The van der Waals surface area contributed by atoms with Crippen molar-refractivity contribution < 1.29 is 10.2 Å². The lowest BCUT2D eigenvalue weighted by atomic mass is 10.0. The van der Waals surface area contributed by atoms with Crippen LogP contribution in [0.15, 0.2) is 0 Å². The molecule has 0 aromatic carbocycles. The molecular formula is C10H19N3O2. The third kappa shape index (κ3) is 2.77. The minimum atomic E-state index is -0.808. The first-order chi connectivity index (χ1) is 7.10. The average Bonchev–Trinajstić information content (AvgIpc) is 2.58. The van der Waals surface area contributed by atoms with Crippen molar-refractivity contribution in [2.75, 3.05) is 0 Å². The molecule has 0 saturated carbocycles. The quantitative estimate of drug-likeness (QED) is 0.568. The van der Waals surface area contributed by atoms with Crippen molar-refractivity contribution in [3.8, 4) is 0 Å². The topological polar surface area (TPSA) is 95.2 Å². The number of aromatic amines is 1. The molecule has 1 aromatic heterocycles. The standard InChI is InChI=1S/C10H19N3O2/c1-3-4-7(11)10(15)9-8(5-14)12-6(2)13-9/h7,10,14-15H,3-5,11H2,1-2H3,(H,12,13). The van der Waals surface area contributed by atoms with Gasteiger partial charge in [0.25, 0.3) is 0 Å². The van der Waals surface area contributed by atoms with E-state index in [0.717, 1.165) is 12.8 Å². The van der Waals surface area contributed by atoms with Crippen LogP contribution in [-0.2, 0) is 6.61 Å². The molecule has 0 spiro atoms. The predicted molar refractivity (Wildman–Crippen MR) is 57.1 cm³/mol. The van der Waals surface area contributed by atoms with Crippen LogP contribution in [0.3, 0.4) is 0 Å². The number of nitrogens with zero attached hydrogens (tertiary/aromatic N) is 1. The van der Waals surface area contributed by atoms with Crippen molar-refractivity contribution in [1.29, 1.82) is 0 Å². The first kappa shape index (κ1) is 12.2. The van der Waals surface area contributed by atoms with Crippen LogP contribution < -0.4 is 5.73 Å². The lowest BCUT2D eigenvalue weighted by Gasteiger charge is -2.17. The Bertz CT molecular complexity index is 312. The number of nitrogens with two attached hydrogens (primary N) is 1. The van der Waals surface area contributed by atoms with E-state index in [9.17, 15) is 5.11 Å². The fraction of sp³-hybridized carbons (Fsp3) is 0.700. The highest BCUT2D eigenvalue weighted by Gasteiger charge is 2.22. The van der Waals surface area contributed by atoms with E-state index in [2.05, 4.69) is 9.97 Å². The molecule has 0 bridgehead atoms. The molecule has 0 aliphatic carbocycles. The van der Waals surface area contributed by atoms with Crippen molar-refractivity contribution >= 4 is 0 Å². The highest BCUT2D eigenvalue weighted by atomic mass is 16.3. The zero-order chi connectivity index (χ0) is 11.4. The van der Waals surface area contributed by atoms with E-state index in [0.29, 0.717) is 17.2 Å². The Labute approximate surface area is 89.3 Å². The number of aliphatic hydroxyl groups excluding tert-OH is 2. The molecule has 5 N–H and O–H groups in total. The van der Waals surface area contributed by atoms with Crippen LogP contribution in [0.4, 0.5) is 0 Å². The van der Waals surface area contributed by atoms with Crippen LogP contribution in [0.25, 0.3) is 0 Å². The van der Waals surface area contributed by atoms with E-state index in [1.165, 1.54) is 0 Å². The highest BCUT2D eigenvalue weighted by Crippen LogP contribution is 2.20. The van der Waals surface area contributed by atoms with E-state index >= 15 is 0 Å². The van der Waals surface area contributed by atoms with Gasteiger partial charge in [0.1, 0.15) is 11.9 Å². The zero-order valence-electron chi connectivity index (χ0n) is 9.20. The van der Waals surface area contributed by atoms with Gasteiger partial charge in [0.15, 0.2) is 0 Å². The minimum Gasteiger partial charge on any atom is -0.390 e. The van der Waals surface area contributed by atoms with E-state index in [1.807, 2.05) is 6.92 Å². The van der Waals surface area contributed by atoms with Crippen LogP contribution >= 0.6 is 0 Å². The number of H-pyrrole nitrogens is 1. The molecule has 1 aromatic rings. The van der Waals surface area contributed by atoms with Gasteiger partial charge in [-0.2, -0.15) is 0 Å². The third-order valence-corrected chi connectivity index (χ3v) is 2.39. The summed E-state index contributed by atoms with van der Waals surface area (Å²) in [5, 5.41) is 19.0. The molecule has 1 rings (SSSR count). The molecule has 86 valence electrons. The SMILES string of the molecule is CCCC(N)C(O)c1nc(C)[nH]c1CO. The summed E-state index contributed by atoms with van der Waals surface area (Å²) in [6, 6.07) is -0.331. The second kappa shape index (κ2) is 5.25. The van der Waals surface area contributed by atoms with Gasteiger partial charge in [-0.3, -0.25) is 0 Å². The van der Waals surface area contributed by atoms with Gasteiger partial charge in [-0.05, 0) is 13.3 Å². The molecule has 15 heavy (non-hydrogen) atoms. The summed E-state index contributed by atoms with van der Waals surface area (Å²) in [5.74, 6) is 0.678. The summed E-state index contributed by atoms with van der Waals surface area (Å²) < 4.78 is 0. The average molecular weight is 213 g/mol.